The van der Waals surface area contributed by atoms with Gasteiger partial charge in [0, 0.05) is 25.0 Å². The van der Waals surface area contributed by atoms with Crippen molar-refractivity contribution in [1.82, 2.24) is 4.90 Å². The lowest BCUT2D eigenvalue weighted by molar-refractivity contribution is 0.0591. The van der Waals surface area contributed by atoms with E-state index in [1.807, 2.05) is 0 Å². The van der Waals surface area contributed by atoms with Gasteiger partial charge in [0.15, 0.2) is 0 Å². The number of ether oxygens (including phenoxy) is 1. The topological polar surface area (TPSA) is 12.5 Å². The lowest BCUT2D eigenvalue weighted by Crippen LogP contribution is -2.40. The molecule has 0 saturated carbocycles. The van der Waals surface area contributed by atoms with E-state index in [0.717, 1.165) is 17.9 Å². The third-order valence-electron chi connectivity index (χ3n) is 3.31. The first kappa shape index (κ1) is 10.9. The summed E-state index contributed by atoms with van der Waals surface area (Å²) in [7, 11) is 0. The minimum absolute atomic E-state index is 0.532. The second-order valence-electron chi connectivity index (χ2n) is 4.56. The quantitative estimate of drug-likeness (QED) is 0.723. The van der Waals surface area contributed by atoms with Crippen molar-refractivity contribution in [2.24, 2.45) is 5.92 Å². The molecule has 2 rings (SSSR count). The predicted octanol–water partition coefficient (Wildman–Crippen LogP) is 2.27. The molecule has 0 aromatic rings. The molecule has 0 aromatic heterocycles. The van der Waals surface area contributed by atoms with Gasteiger partial charge in [0.05, 0.1) is 6.10 Å². The SMILES string of the molecule is BrCC1CCCN(CC2CCCO2)C1. The third kappa shape index (κ3) is 2.94. The number of piperidine rings is 1. The summed E-state index contributed by atoms with van der Waals surface area (Å²) in [5, 5.41) is 1.16. The molecule has 2 unspecified atom stereocenters. The number of hydrogen-bond acceptors (Lipinski definition) is 2. The zero-order valence-electron chi connectivity index (χ0n) is 8.75. The van der Waals surface area contributed by atoms with Crippen molar-refractivity contribution >= 4 is 15.9 Å². The summed E-state index contributed by atoms with van der Waals surface area (Å²) in [6.45, 7) is 4.71. The number of halogens is 1. The van der Waals surface area contributed by atoms with Crippen LogP contribution in [0.2, 0.25) is 0 Å². The third-order valence-corrected chi connectivity index (χ3v) is 4.22. The number of alkyl halides is 1. The minimum atomic E-state index is 0.532. The van der Waals surface area contributed by atoms with Crippen molar-refractivity contribution in [2.75, 3.05) is 31.6 Å². The second kappa shape index (κ2) is 5.47. The standard InChI is InChI=1S/C11H20BrNO/c12-7-10-3-1-5-13(8-10)9-11-4-2-6-14-11/h10-11H,1-9H2. The molecule has 2 atom stereocenters. The van der Waals surface area contributed by atoms with Crippen molar-refractivity contribution in [3.05, 3.63) is 0 Å². The van der Waals surface area contributed by atoms with Crippen LogP contribution < -0.4 is 0 Å². The number of hydrogen-bond donors (Lipinski definition) is 0. The van der Waals surface area contributed by atoms with Crippen LogP contribution in [-0.4, -0.2) is 42.6 Å². The van der Waals surface area contributed by atoms with Gasteiger partial charge in [-0.3, -0.25) is 0 Å². The molecule has 0 amide bonds. The Morgan fingerprint density at radius 3 is 2.93 bits per heavy atom. The van der Waals surface area contributed by atoms with Crippen molar-refractivity contribution in [2.45, 2.75) is 31.8 Å². The highest BCUT2D eigenvalue weighted by molar-refractivity contribution is 9.09. The van der Waals surface area contributed by atoms with Crippen LogP contribution in [0.4, 0.5) is 0 Å². The first-order chi connectivity index (χ1) is 6.88. The predicted molar refractivity (Wildman–Crippen MR) is 61.9 cm³/mol. The molecule has 2 nitrogen and oxygen atoms in total. The molecule has 0 N–H and O–H groups in total. The maximum absolute atomic E-state index is 5.67. The van der Waals surface area contributed by atoms with Crippen LogP contribution in [0, 0.1) is 5.92 Å². The van der Waals surface area contributed by atoms with Crippen LogP contribution in [-0.2, 0) is 4.74 Å². The Kier molecular flexibility index (Phi) is 4.26. The van der Waals surface area contributed by atoms with E-state index in [1.165, 1.54) is 45.3 Å². The summed E-state index contributed by atoms with van der Waals surface area (Å²) < 4.78 is 5.67. The van der Waals surface area contributed by atoms with Gasteiger partial charge in [-0.15, -0.1) is 0 Å². The van der Waals surface area contributed by atoms with Crippen LogP contribution in [0.15, 0.2) is 0 Å². The van der Waals surface area contributed by atoms with E-state index in [1.54, 1.807) is 0 Å². The van der Waals surface area contributed by atoms with Crippen molar-refractivity contribution in [3.8, 4) is 0 Å². The molecule has 2 fully saturated rings. The van der Waals surface area contributed by atoms with Gasteiger partial charge in [-0.05, 0) is 38.1 Å². The molecular formula is C11H20BrNO. The summed E-state index contributed by atoms with van der Waals surface area (Å²) in [6.07, 6.45) is 5.83. The molecule has 2 saturated heterocycles. The molecule has 2 aliphatic heterocycles. The molecule has 2 aliphatic rings. The molecule has 2 heterocycles. The number of rotatable bonds is 3. The van der Waals surface area contributed by atoms with E-state index >= 15 is 0 Å². The molecule has 0 spiro atoms. The first-order valence-corrected chi connectivity index (χ1v) is 6.90. The average molecular weight is 262 g/mol. The van der Waals surface area contributed by atoms with Gasteiger partial charge in [-0.2, -0.15) is 0 Å². The van der Waals surface area contributed by atoms with Gasteiger partial charge >= 0.3 is 0 Å². The van der Waals surface area contributed by atoms with E-state index in [2.05, 4.69) is 20.8 Å². The van der Waals surface area contributed by atoms with Gasteiger partial charge in [0.1, 0.15) is 0 Å². The fourth-order valence-corrected chi connectivity index (χ4v) is 3.05. The lowest BCUT2D eigenvalue weighted by atomic mass is 10.00. The van der Waals surface area contributed by atoms with Gasteiger partial charge in [-0.25, -0.2) is 0 Å². The molecule has 0 aliphatic carbocycles. The zero-order chi connectivity index (χ0) is 9.80. The Morgan fingerprint density at radius 2 is 2.21 bits per heavy atom. The van der Waals surface area contributed by atoms with Gasteiger partial charge in [0.25, 0.3) is 0 Å². The summed E-state index contributed by atoms with van der Waals surface area (Å²) in [6, 6.07) is 0. The fourth-order valence-electron chi connectivity index (χ4n) is 2.52. The Morgan fingerprint density at radius 1 is 1.29 bits per heavy atom. The van der Waals surface area contributed by atoms with Gasteiger partial charge in [-0.1, -0.05) is 15.9 Å². The second-order valence-corrected chi connectivity index (χ2v) is 5.20. The molecule has 82 valence electrons. The fraction of sp³-hybridized carbons (Fsp3) is 1.00. The molecule has 3 heteroatoms. The Labute approximate surface area is 95.1 Å². The highest BCUT2D eigenvalue weighted by Crippen LogP contribution is 2.20. The molecule has 0 radical (unpaired) electrons. The van der Waals surface area contributed by atoms with Crippen molar-refractivity contribution in [3.63, 3.8) is 0 Å². The monoisotopic (exact) mass is 261 g/mol. The van der Waals surface area contributed by atoms with E-state index < -0.39 is 0 Å². The van der Waals surface area contributed by atoms with E-state index in [-0.39, 0.29) is 0 Å². The van der Waals surface area contributed by atoms with E-state index in [0.29, 0.717) is 6.10 Å². The van der Waals surface area contributed by atoms with Gasteiger partial charge < -0.3 is 9.64 Å². The van der Waals surface area contributed by atoms with Crippen LogP contribution in [0.5, 0.6) is 0 Å². The molecular weight excluding hydrogens is 242 g/mol. The number of likely N-dealkylation sites (tertiary alicyclic amines) is 1. The Bertz CT molecular complexity index is 171. The van der Waals surface area contributed by atoms with Crippen LogP contribution in [0.25, 0.3) is 0 Å². The average Bonchev–Trinajstić information content (AvgIpc) is 2.71. The highest BCUT2D eigenvalue weighted by Gasteiger charge is 2.23. The van der Waals surface area contributed by atoms with Gasteiger partial charge in [0.2, 0.25) is 0 Å². The molecule has 14 heavy (non-hydrogen) atoms. The Hall–Kier alpha value is 0.400. The van der Waals surface area contributed by atoms with Crippen LogP contribution in [0.1, 0.15) is 25.7 Å². The summed E-state index contributed by atoms with van der Waals surface area (Å²) in [5.41, 5.74) is 0. The normalized spacial score (nSPS) is 34.9. The van der Waals surface area contributed by atoms with Crippen molar-refractivity contribution < 1.29 is 4.74 Å². The number of nitrogens with zero attached hydrogens (tertiary/aromatic N) is 1. The van der Waals surface area contributed by atoms with E-state index in [4.69, 9.17) is 4.74 Å². The van der Waals surface area contributed by atoms with Crippen LogP contribution in [0.3, 0.4) is 0 Å². The maximum Gasteiger partial charge on any atom is 0.0702 e. The lowest BCUT2D eigenvalue weighted by Gasteiger charge is -2.33. The molecule has 0 aromatic carbocycles. The first-order valence-electron chi connectivity index (χ1n) is 5.78. The summed E-state index contributed by atoms with van der Waals surface area (Å²) >= 11 is 3.59. The summed E-state index contributed by atoms with van der Waals surface area (Å²) in [5.74, 6) is 0.866. The highest BCUT2D eigenvalue weighted by atomic mass is 79.9. The minimum Gasteiger partial charge on any atom is -0.377 e. The maximum atomic E-state index is 5.67. The van der Waals surface area contributed by atoms with Crippen LogP contribution >= 0.6 is 15.9 Å². The molecule has 0 bridgehead atoms. The Balaban J connectivity index is 1.73. The largest absolute Gasteiger partial charge is 0.377 e. The zero-order valence-corrected chi connectivity index (χ0v) is 10.3. The van der Waals surface area contributed by atoms with Crippen molar-refractivity contribution in [1.29, 1.82) is 0 Å². The van der Waals surface area contributed by atoms with E-state index in [9.17, 15) is 0 Å². The smallest absolute Gasteiger partial charge is 0.0702 e. The summed E-state index contributed by atoms with van der Waals surface area (Å²) in [4.78, 5) is 2.59.